The Morgan fingerprint density at radius 1 is 0.984 bits per heavy atom. The first-order valence-corrected chi connectivity index (χ1v) is 21.5. The molecule has 2 atom stereocenters. The van der Waals surface area contributed by atoms with Crippen LogP contribution in [0.1, 0.15) is 92.3 Å². The molecule has 1 aromatic carbocycles. The summed E-state index contributed by atoms with van der Waals surface area (Å²) in [6.45, 7) is 0.253. The fourth-order valence-electron chi connectivity index (χ4n) is 10.0. The maximum Gasteiger partial charge on any atom is 0.329 e. The zero-order chi connectivity index (χ0) is 45.2. The molecule has 4 aliphatic rings. The fourth-order valence-corrected chi connectivity index (χ4v) is 10.0. The molecular weight excluding hydrogens is 851 g/mol. The topological polar surface area (TPSA) is 160 Å². The molecule has 5 aromatic rings. The van der Waals surface area contributed by atoms with Crippen LogP contribution >= 0.6 is 0 Å². The molecule has 0 bridgehead atoms. The van der Waals surface area contributed by atoms with Gasteiger partial charge >= 0.3 is 5.69 Å². The molecule has 2 unspecified atom stereocenters. The number of fused-ring (bicyclic) bond motifs is 2. The number of piperidine rings is 3. The van der Waals surface area contributed by atoms with E-state index in [1.807, 2.05) is 0 Å². The van der Waals surface area contributed by atoms with E-state index >= 15 is 8.78 Å². The predicted molar refractivity (Wildman–Crippen MR) is 222 cm³/mol. The number of nitrogens with zero attached hydrogens (tertiary/aromatic N) is 10. The molecule has 64 heavy (non-hydrogen) atoms. The minimum Gasteiger partial charge on any atom is -0.364 e. The van der Waals surface area contributed by atoms with Gasteiger partial charge in [-0.3, -0.25) is 38.4 Å². The largest absolute Gasteiger partial charge is 0.364 e. The zero-order valence-corrected chi connectivity index (χ0v) is 35.2. The highest BCUT2D eigenvalue weighted by molar-refractivity contribution is 6.08. The number of anilines is 3. The van der Waals surface area contributed by atoms with E-state index in [2.05, 4.69) is 25.8 Å². The summed E-state index contributed by atoms with van der Waals surface area (Å²) < 4.78 is 93.9. The van der Waals surface area contributed by atoms with Crippen LogP contribution < -0.4 is 26.1 Å². The number of aryl methyl sites for hydroxylation is 1. The lowest BCUT2D eigenvalue weighted by Crippen LogP contribution is -2.58. The van der Waals surface area contributed by atoms with Gasteiger partial charge in [0.1, 0.15) is 17.4 Å². The average Bonchev–Trinajstić information content (AvgIpc) is 3.95. The smallest absolute Gasteiger partial charge is 0.329 e. The number of imidazole rings is 1. The van der Waals surface area contributed by atoms with Crippen molar-refractivity contribution in [1.29, 1.82) is 0 Å². The molecule has 1 saturated carbocycles. The lowest BCUT2D eigenvalue weighted by atomic mass is 9.85. The summed E-state index contributed by atoms with van der Waals surface area (Å²) in [5.41, 5.74) is 0.177. The van der Waals surface area contributed by atoms with Crippen molar-refractivity contribution in [1.82, 2.24) is 43.7 Å². The zero-order valence-electron chi connectivity index (χ0n) is 35.2. The number of hydrogen-bond donors (Lipinski definition) is 2. The Hall–Kier alpha value is -5.93. The monoisotopic (exact) mass is 898 g/mol. The number of alkyl halides is 6. The van der Waals surface area contributed by atoms with E-state index in [4.69, 9.17) is 0 Å². The summed E-state index contributed by atoms with van der Waals surface area (Å²) >= 11 is 0. The van der Waals surface area contributed by atoms with Crippen LogP contribution in [0.5, 0.6) is 0 Å². The number of amides is 3. The number of halogens is 6. The van der Waals surface area contributed by atoms with E-state index in [1.165, 1.54) is 37.8 Å². The van der Waals surface area contributed by atoms with Crippen LogP contribution in [0.3, 0.4) is 0 Å². The van der Waals surface area contributed by atoms with Crippen LogP contribution in [0, 0.1) is 5.92 Å². The van der Waals surface area contributed by atoms with Gasteiger partial charge in [-0.15, -0.1) is 0 Å². The number of carbonyl (C=O) groups is 3. The quantitative estimate of drug-likeness (QED) is 0.134. The number of hydrogen-bond acceptors (Lipinski definition) is 10. The maximum absolute atomic E-state index is 16.2. The fraction of sp³-hybridized carbons (Fsp3) is 0.548. The van der Waals surface area contributed by atoms with Gasteiger partial charge in [0.2, 0.25) is 11.8 Å². The van der Waals surface area contributed by atoms with E-state index in [0.717, 1.165) is 0 Å². The Labute approximate surface area is 362 Å². The molecule has 9 rings (SSSR count). The van der Waals surface area contributed by atoms with Gasteiger partial charge in [-0.2, -0.15) is 10.2 Å². The Kier molecular flexibility index (Phi) is 11.2. The highest BCUT2D eigenvalue weighted by Crippen LogP contribution is 2.40. The number of benzene rings is 1. The number of nitrogens with one attached hydrogen (secondary N) is 2. The molecule has 22 heteroatoms. The van der Waals surface area contributed by atoms with Crippen molar-refractivity contribution in [3.05, 3.63) is 64.6 Å². The molecular formula is C42H48F6N12O4. The van der Waals surface area contributed by atoms with E-state index in [0.29, 0.717) is 54.8 Å². The normalized spacial score (nSPS) is 24.0. The molecule has 3 saturated heterocycles. The summed E-state index contributed by atoms with van der Waals surface area (Å²) in [6.07, 6.45) is 3.27. The van der Waals surface area contributed by atoms with Gasteiger partial charge in [-0.25, -0.2) is 40.6 Å². The van der Waals surface area contributed by atoms with Crippen molar-refractivity contribution in [3.8, 4) is 0 Å². The van der Waals surface area contributed by atoms with Crippen LogP contribution in [0.2, 0.25) is 0 Å². The van der Waals surface area contributed by atoms with Crippen LogP contribution in [-0.2, 0) is 16.6 Å². The third-order valence-electron chi connectivity index (χ3n) is 13.4. The standard InChI is InChI=1S/C42H48F6N12O4/c1-54(31-12-16-57(23-42(31,47)48)28-4-3-5-29-35(28)55(2)40(64)60(29)30-10-11-33(61)52-39(30)63)21-24-6-8-25(9-7-24)59-22-27(34(53-59)36(43)44)50-38(62)26-20-49-58-17-13-32(51-37(26)58)56-18-14-41(45,46)15-19-56/h3-5,13,17,20,22,24-25,30-31,36H,6-12,14-16,18-19,21,23H2,1-2H3,(H,50,62)(H,52,61,63). The molecule has 4 aromatic heterocycles. The summed E-state index contributed by atoms with van der Waals surface area (Å²) in [7, 11) is 3.23. The molecule has 0 spiro atoms. The van der Waals surface area contributed by atoms with Crippen molar-refractivity contribution < 1.29 is 40.7 Å². The van der Waals surface area contributed by atoms with Crippen LogP contribution in [0.25, 0.3) is 16.7 Å². The van der Waals surface area contributed by atoms with Gasteiger partial charge in [0.25, 0.3) is 24.2 Å². The van der Waals surface area contributed by atoms with Gasteiger partial charge in [0, 0.05) is 64.9 Å². The van der Waals surface area contributed by atoms with Gasteiger partial charge in [0.15, 0.2) is 11.3 Å². The van der Waals surface area contributed by atoms with Crippen molar-refractivity contribution in [2.75, 3.05) is 54.9 Å². The van der Waals surface area contributed by atoms with Gasteiger partial charge in [0.05, 0.1) is 47.2 Å². The molecule has 3 amide bonds. The van der Waals surface area contributed by atoms with Crippen molar-refractivity contribution in [3.63, 3.8) is 0 Å². The molecule has 4 fully saturated rings. The Bertz CT molecular complexity index is 2660. The van der Waals surface area contributed by atoms with Gasteiger partial charge in [-0.1, -0.05) is 6.07 Å². The van der Waals surface area contributed by atoms with Gasteiger partial charge < -0.3 is 15.1 Å². The summed E-state index contributed by atoms with van der Waals surface area (Å²) in [5.74, 6) is -7.17. The number of rotatable bonds is 10. The molecule has 16 nitrogen and oxygen atoms in total. The first kappa shape index (κ1) is 43.3. The summed E-state index contributed by atoms with van der Waals surface area (Å²) in [6, 6.07) is 4.41. The summed E-state index contributed by atoms with van der Waals surface area (Å²) in [5, 5.41) is 13.2. The molecule has 342 valence electrons. The van der Waals surface area contributed by atoms with E-state index in [-0.39, 0.29) is 80.6 Å². The predicted octanol–water partition coefficient (Wildman–Crippen LogP) is 5.56. The second-order valence-corrected chi connectivity index (χ2v) is 17.5. The maximum atomic E-state index is 16.2. The van der Waals surface area contributed by atoms with E-state index < -0.39 is 66.0 Å². The first-order chi connectivity index (χ1) is 30.5. The molecule has 0 radical (unpaired) electrons. The lowest BCUT2D eigenvalue weighted by molar-refractivity contribution is -0.135. The Morgan fingerprint density at radius 2 is 1.73 bits per heavy atom. The SMILES string of the molecule is CN(CC1CCC(n2cc(NC(=O)c3cnn4ccc(N5CCC(F)(F)CC5)nc34)c(C(F)F)n2)CC1)C1CCN(c2cccc3c2n(C)c(=O)n3C2CCC(=O)NC2=O)CC1(F)F. The average molecular weight is 899 g/mol. The van der Waals surface area contributed by atoms with Crippen LogP contribution in [-0.4, -0.2) is 114 Å². The Morgan fingerprint density at radius 3 is 2.44 bits per heavy atom. The molecule has 3 aliphatic heterocycles. The van der Waals surface area contributed by atoms with Crippen molar-refractivity contribution in [2.24, 2.45) is 13.0 Å². The minimum atomic E-state index is -3.13. The molecule has 1 aliphatic carbocycles. The summed E-state index contributed by atoms with van der Waals surface area (Å²) in [4.78, 5) is 60.9. The van der Waals surface area contributed by atoms with Crippen LogP contribution in [0.15, 0.2) is 47.7 Å². The third-order valence-corrected chi connectivity index (χ3v) is 13.4. The van der Waals surface area contributed by atoms with E-state index in [9.17, 15) is 36.7 Å². The second kappa shape index (κ2) is 16.6. The Balaban J connectivity index is 0.824. The minimum absolute atomic E-state index is 0.00377. The van der Waals surface area contributed by atoms with Crippen molar-refractivity contribution >= 4 is 51.6 Å². The number of para-hydroxylation sites is 1. The van der Waals surface area contributed by atoms with E-state index in [1.54, 1.807) is 52.2 Å². The molecule has 7 heterocycles. The van der Waals surface area contributed by atoms with Crippen LogP contribution in [0.4, 0.5) is 43.5 Å². The highest BCUT2D eigenvalue weighted by Gasteiger charge is 2.48. The number of aromatic nitrogens is 7. The number of imide groups is 1. The number of carbonyl (C=O) groups excluding carboxylic acids is 3. The van der Waals surface area contributed by atoms with Gasteiger partial charge in [-0.05, 0) is 69.7 Å². The second-order valence-electron chi connectivity index (χ2n) is 17.5. The van der Waals surface area contributed by atoms with Crippen molar-refractivity contribution in [2.45, 2.75) is 94.2 Å². The highest BCUT2D eigenvalue weighted by atomic mass is 19.3. The lowest BCUT2D eigenvalue weighted by Gasteiger charge is -2.44. The molecule has 2 N–H and O–H groups in total. The first-order valence-electron chi connectivity index (χ1n) is 21.5. The third kappa shape index (κ3) is 8.08.